The topological polar surface area (TPSA) is 58.1 Å². The van der Waals surface area contributed by atoms with E-state index < -0.39 is 0 Å². The highest BCUT2D eigenvalue weighted by molar-refractivity contribution is 7.17. The van der Waals surface area contributed by atoms with Crippen LogP contribution in [-0.4, -0.2) is 35.0 Å². The lowest BCUT2D eigenvalue weighted by molar-refractivity contribution is 0.0943. The van der Waals surface area contributed by atoms with Gasteiger partial charge in [-0.1, -0.05) is 30.3 Å². The van der Waals surface area contributed by atoms with Crippen LogP contribution in [0.4, 0.5) is 10.2 Å². The Balaban J connectivity index is 1.44. The average Bonchev–Trinajstić information content (AvgIpc) is 3.29. The molecule has 1 unspecified atom stereocenters. The number of pyridine rings is 1. The highest BCUT2D eigenvalue weighted by Crippen LogP contribution is 2.28. The van der Waals surface area contributed by atoms with Gasteiger partial charge >= 0.3 is 0 Å². The minimum absolute atomic E-state index is 0.0411. The van der Waals surface area contributed by atoms with Crippen molar-refractivity contribution in [3.05, 3.63) is 65.0 Å². The minimum atomic E-state index is -0.338. The standard InChI is InChI=1S/C20H19FN4OS/c1-13-17(27-20(23-13)14-6-3-2-4-7-14)19(26)24-15-9-11-25(12-15)18-16(21)8-5-10-22-18/h2-8,10,15H,9,11-12H2,1H3,(H,24,26). The number of nitrogens with zero attached hydrogens (tertiary/aromatic N) is 3. The number of benzene rings is 1. The van der Waals surface area contributed by atoms with E-state index >= 15 is 0 Å². The number of carbonyl (C=O) groups excluding carboxylic acids is 1. The van der Waals surface area contributed by atoms with Gasteiger partial charge in [-0.2, -0.15) is 0 Å². The average molecular weight is 382 g/mol. The molecule has 0 saturated carbocycles. The van der Waals surface area contributed by atoms with Crippen molar-refractivity contribution in [2.75, 3.05) is 18.0 Å². The normalized spacial score (nSPS) is 16.5. The number of carbonyl (C=O) groups is 1. The van der Waals surface area contributed by atoms with Gasteiger partial charge in [-0.05, 0) is 25.5 Å². The van der Waals surface area contributed by atoms with E-state index in [1.807, 2.05) is 42.2 Å². The first kappa shape index (κ1) is 17.6. The quantitative estimate of drug-likeness (QED) is 0.748. The Hall–Kier alpha value is -2.80. The molecule has 1 aliphatic heterocycles. The van der Waals surface area contributed by atoms with Gasteiger partial charge in [0.2, 0.25) is 0 Å². The SMILES string of the molecule is Cc1nc(-c2ccccc2)sc1C(=O)NC1CCN(c2ncccc2F)C1. The molecule has 3 aromatic rings. The summed E-state index contributed by atoms with van der Waals surface area (Å²) in [6.07, 6.45) is 2.33. The lowest BCUT2D eigenvalue weighted by atomic mass is 10.2. The maximum absolute atomic E-state index is 13.9. The molecule has 0 radical (unpaired) electrons. The molecular formula is C20H19FN4OS. The van der Waals surface area contributed by atoms with Crippen LogP contribution in [0.5, 0.6) is 0 Å². The molecule has 2 aromatic heterocycles. The number of aromatic nitrogens is 2. The van der Waals surface area contributed by atoms with Crippen molar-refractivity contribution in [2.45, 2.75) is 19.4 Å². The number of hydrogen-bond donors (Lipinski definition) is 1. The van der Waals surface area contributed by atoms with E-state index in [-0.39, 0.29) is 17.8 Å². The third kappa shape index (κ3) is 3.68. The Morgan fingerprint density at radius 2 is 2.07 bits per heavy atom. The second kappa shape index (κ2) is 7.44. The summed E-state index contributed by atoms with van der Waals surface area (Å²) >= 11 is 1.39. The lowest BCUT2D eigenvalue weighted by Gasteiger charge is -2.18. The smallest absolute Gasteiger partial charge is 0.263 e. The highest BCUT2D eigenvalue weighted by atomic mass is 32.1. The molecule has 1 saturated heterocycles. The second-order valence-electron chi connectivity index (χ2n) is 6.51. The number of amides is 1. The number of hydrogen-bond acceptors (Lipinski definition) is 5. The van der Waals surface area contributed by atoms with Gasteiger partial charge in [-0.3, -0.25) is 4.79 Å². The minimum Gasteiger partial charge on any atom is -0.352 e. The molecule has 5 nitrogen and oxygen atoms in total. The number of nitrogens with one attached hydrogen (secondary N) is 1. The first-order valence-corrected chi connectivity index (χ1v) is 9.62. The molecule has 3 heterocycles. The molecule has 1 aromatic carbocycles. The van der Waals surface area contributed by atoms with Gasteiger partial charge in [0, 0.05) is 30.9 Å². The van der Waals surface area contributed by atoms with Crippen molar-refractivity contribution in [1.29, 1.82) is 0 Å². The number of anilines is 1. The Morgan fingerprint density at radius 3 is 2.85 bits per heavy atom. The first-order valence-electron chi connectivity index (χ1n) is 8.81. The van der Waals surface area contributed by atoms with Crippen molar-refractivity contribution < 1.29 is 9.18 Å². The lowest BCUT2D eigenvalue weighted by Crippen LogP contribution is -2.37. The first-order chi connectivity index (χ1) is 13.1. The summed E-state index contributed by atoms with van der Waals surface area (Å²) in [5, 5.41) is 3.89. The van der Waals surface area contributed by atoms with Crippen molar-refractivity contribution in [3.8, 4) is 10.6 Å². The van der Waals surface area contributed by atoms with Crippen LogP contribution < -0.4 is 10.2 Å². The Labute approximate surface area is 160 Å². The molecule has 4 rings (SSSR count). The van der Waals surface area contributed by atoms with E-state index in [2.05, 4.69) is 15.3 Å². The van der Waals surface area contributed by atoms with Crippen LogP contribution >= 0.6 is 11.3 Å². The van der Waals surface area contributed by atoms with Crippen LogP contribution in [-0.2, 0) is 0 Å². The summed E-state index contributed by atoms with van der Waals surface area (Å²) in [5.41, 5.74) is 1.73. The van der Waals surface area contributed by atoms with Crippen LogP contribution in [0.15, 0.2) is 48.7 Å². The van der Waals surface area contributed by atoms with Crippen molar-refractivity contribution in [3.63, 3.8) is 0 Å². The van der Waals surface area contributed by atoms with E-state index in [0.717, 1.165) is 22.7 Å². The summed E-state index contributed by atoms with van der Waals surface area (Å²) in [4.78, 5) is 23.9. The second-order valence-corrected chi connectivity index (χ2v) is 7.51. The number of halogens is 1. The van der Waals surface area contributed by atoms with Crippen LogP contribution in [0.1, 0.15) is 21.8 Å². The van der Waals surface area contributed by atoms with Crippen LogP contribution in [0.2, 0.25) is 0 Å². The van der Waals surface area contributed by atoms with Gasteiger partial charge in [0.25, 0.3) is 5.91 Å². The molecule has 27 heavy (non-hydrogen) atoms. The van der Waals surface area contributed by atoms with E-state index in [9.17, 15) is 9.18 Å². The molecule has 1 aliphatic rings. The Kier molecular flexibility index (Phi) is 4.85. The Morgan fingerprint density at radius 1 is 1.26 bits per heavy atom. The van der Waals surface area contributed by atoms with Crippen molar-refractivity contribution in [2.24, 2.45) is 0 Å². The number of thiazole rings is 1. The molecule has 138 valence electrons. The van der Waals surface area contributed by atoms with Gasteiger partial charge in [0.1, 0.15) is 9.88 Å². The maximum Gasteiger partial charge on any atom is 0.263 e. The largest absolute Gasteiger partial charge is 0.352 e. The summed E-state index contributed by atoms with van der Waals surface area (Å²) in [6, 6.07) is 12.8. The summed E-state index contributed by atoms with van der Waals surface area (Å²) < 4.78 is 13.9. The predicted molar refractivity (Wildman–Crippen MR) is 105 cm³/mol. The summed E-state index contributed by atoms with van der Waals surface area (Å²) in [6.45, 7) is 3.06. The van der Waals surface area contributed by atoms with Crippen molar-refractivity contribution >= 4 is 23.1 Å². The molecular weight excluding hydrogens is 363 g/mol. The van der Waals surface area contributed by atoms with Crippen LogP contribution in [0.3, 0.4) is 0 Å². The number of rotatable bonds is 4. The van der Waals surface area contributed by atoms with Gasteiger partial charge in [-0.15, -0.1) is 11.3 Å². The third-order valence-corrected chi connectivity index (χ3v) is 5.79. The monoisotopic (exact) mass is 382 g/mol. The van der Waals surface area contributed by atoms with Crippen molar-refractivity contribution in [1.82, 2.24) is 15.3 Å². The molecule has 1 amide bonds. The van der Waals surface area contributed by atoms with Crippen LogP contribution in [0, 0.1) is 12.7 Å². The van der Waals surface area contributed by atoms with Crippen LogP contribution in [0.25, 0.3) is 10.6 Å². The predicted octanol–water partition coefficient (Wildman–Crippen LogP) is 3.66. The molecule has 0 bridgehead atoms. The zero-order chi connectivity index (χ0) is 18.8. The molecule has 1 atom stereocenters. The van der Waals surface area contributed by atoms with Gasteiger partial charge in [-0.25, -0.2) is 14.4 Å². The molecule has 7 heteroatoms. The third-order valence-electron chi connectivity index (χ3n) is 4.59. The van der Waals surface area contributed by atoms with E-state index in [1.165, 1.54) is 17.4 Å². The van der Waals surface area contributed by atoms with E-state index in [1.54, 1.807) is 12.3 Å². The van der Waals surface area contributed by atoms with E-state index in [0.29, 0.717) is 23.8 Å². The Bertz CT molecular complexity index is 960. The molecule has 0 spiro atoms. The van der Waals surface area contributed by atoms with Gasteiger partial charge < -0.3 is 10.2 Å². The molecule has 1 fully saturated rings. The fraction of sp³-hybridized carbons (Fsp3) is 0.250. The highest BCUT2D eigenvalue weighted by Gasteiger charge is 2.28. The van der Waals surface area contributed by atoms with Gasteiger partial charge in [0.05, 0.1) is 5.69 Å². The molecule has 1 N–H and O–H groups in total. The fourth-order valence-electron chi connectivity index (χ4n) is 3.24. The zero-order valence-corrected chi connectivity index (χ0v) is 15.7. The summed E-state index contributed by atoms with van der Waals surface area (Å²) in [7, 11) is 0. The maximum atomic E-state index is 13.9. The zero-order valence-electron chi connectivity index (χ0n) is 14.9. The molecule has 0 aliphatic carbocycles. The fourth-order valence-corrected chi connectivity index (χ4v) is 4.22. The summed E-state index contributed by atoms with van der Waals surface area (Å²) in [5.74, 6) is -0.120. The van der Waals surface area contributed by atoms with E-state index in [4.69, 9.17) is 0 Å². The van der Waals surface area contributed by atoms with Gasteiger partial charge in [0.15, 0.2) is 11.6 Å². The number of aryl methyl sites for hydroxylation is 1.